The maximum absolute atomic E-state index is 13.5. The first-order valence-corrected chi connectivity index (χ1v) is 12.9. The molecular formula is C28H21N3O5S. The Morgan fingerprint density at radius 1 is 0.919 bits per heavy atom. The van der Waals surface area contributed by atoms with Crippen molar-refractivity contribution in [3.8, 4) is 22.6 Å². The van der Waals surface area contributed by atoms with E-state index in [-0.39, 0.29) is 10.4 Å². The van der Waals surface area contributed by atoms with Crippen molar-refractivity contribution < 1.29 is 17.6 Å². The molecule has 3 heterocycles. The van der Waals surface area contributed by atoms with Crippen LogP contribution in [-0.2, 0) is 17.1 Å². The molecule has 0 aliphatic rings. The van der Waals surface area contributed by atoms with Gasteiger partial charge in [-0.05, 0) is 49.4 Å². The van der Waals surface area contributed by atoms with E-state index in [1.807, 2.05) is 43.3 Å². The number of rotatable bonds is 5. The fraction of sp³-hybridized carbons (Fsp3) is 0.0714. The lowest BCUT2D eigenvalue weighted by Crippen LogP contribution is -2.22. The lowest BCUT2D eigenvalue weighted by atomic mass is 10.0. The van der Waals surface area contributed by atoms with Gasteiger partial charge in [0, 0.05) is 36.0 Å². The van der Waals surface area contributed by atoms with Crippen LogP contribution in [0.15, 0.2) is 106 Å². The first kappa shape index (κ1) is 22.8. The molecule has 8 nitrogen and oxygen atoms in total. The van der Waals surface area contributed by atoms with E-state index in [0.29, 0.717) is 39.1 Å². The molecule has 0 aliphatic heterocycles. The number of benzene rings is 3. The molecule has 9 heteroatoms. The Labute approximate surface area is 212 Å². The van der Waals surface area contributed by atoms with Gasteiger partial charge in [0.25, 0.3) is 15.6 Å². The van der Waals surface area contributed by atoms with Crippen molar-refractivity contribution in [2.24, 2.45) is 7.05 Å². The predicted molar refractivity (Wildman–Crippen MR) is 140 cm³/mol. The highest BCUT2D eigenvalue weighted by atomic mass is 32.2. The minimum atomic E-state index is -4.02. The number of oxazole rings is 1. The van der Waals surface area contributed by atoms with Crippen molar-refractivity contribution in [1.82, 2.24) is 13.5 Å². The summed E-state index contributed by atoms with van der Waals surface area (Å²) in [7, 11) is -2.43. The fourth-order valence-corrected chi connectivity index (χ4v) is 5.74. The Morgan fingerprint density at radius 2 is 1.68 bits per heavy atom. The number of fused-ring (bicyclic) bond motifs is 2. The molecule has 37 heavy (non-hydrogen) atoms. The van der Waals surface area contributed by atoms with Crippen LogP contribution >= 0.6 is 0 Å². The molecule has 0 radical (unpaired) electrons. The van der Waals surface area contributed by atoms with Crippen LogP contribution in [0.5, 0.6) is 11.5 Å². The minimum Gasteiger partial charge on any atom is -0.454 e. The van der Waals surface area contributed by atoms with Gasteiger partial charge in [0.2, 0.25) is 0 Å². The van der Waals surface area contributed by atoms with E-state index in [1.165, 1.54) is 29.3 Å². The highest BCUT2D eigenvalue weighted by Gasteiger charge is 2.25. The van der Waals surface area contributed by atoms with Crippen LogP contribution in [0.4, 0.5) is 0 Å². The Morgan fingerprint density at radius 3 is 2.43 bits per heavy atom. The summed E-state index contributed by atoms with van der Waals surface area (Å²) in [6, 6.07) is 21.0. The van der Waals surface area contributed by atoms with Crippen LogP contribution in [0.3, 0.4) is 0 Å². The Balaban J connectivity index is 1.62. The molecule has 0 aliphatic carbocycles. The summed E-state index contributed by atoms with van der Waals surface area (Å²) in [6.07, 6.45) is 4.43. The van der Waals surface area contributed by atoms with E-state index >= 15 is 0 Å². The molecule has 0 unspecified atom stereocenters. The summed E-state index contributed by atoms with van der Waals surface area (Å²) in [5.74, 6) is 1.03. The summed E-state index contributed by atoms with van der Waals surface area (Å²) in [5.41, 5.74) is 2.84. The zero-order valence-corrected chi connectivity index (χ0v) is 20.8. The Bertz CT molecular complexity index is 1950. The molecule has 3 aromatic heterocycles. The van der Waals surface area contributed by atoms with Crippen molar-refractivity contribution in [1.29, 1.82) is 0 Å². The number of hydrogen-bond donors (Lipinski definition) is 0. The third-order valence-corrected chi connectivity index (χ3v) is 7.97. The monoisotopic (exact) mass is 511 g/mol. The largest absolute Gasteiger partial charge is 0.454 e. The van der Waals surface area contributed by atoms with Gasteiger partial charge in [-0.15, -0.1) is 0 Å². The van der Waals surface area contributed by atoms with Gasteiger partial charge in [0.1, 0.15) is 11.3 Å². The summed E-state index contributed by atoms with van der Waals surface area (Å²) in [6.45, 7) is 1.88. The predicted octanol–water partition coefficient (Wildman–Crippen LogP) is 5.49. The molecule has 0 bridgehead atoms. The quantitative estimate of drug-likeness (QED) is 0.304. The first-order chi connectivity index (χ1) is 17.8. The van der Waals surface area contributed by atoms with Crippen LogP contribution < -0.4 is 10.3 Å². The van der Waals surface area contributed by atoms with E-state index in [0.717, 1.165) is 9.54 Å². The minimum absolute atomic E-state index is 0.0477. The number of nitrogens with zero attached hydrogens (tertiary/aromatic N) is 3. The van der Waals surface area contributed by atoms with Gasteiger partial charge in [-0.25, -0.2) is 17.4 Å². The topological polar surface area (TPSA) is 96.3 Å². The number of aryl methyl sites for hydroxylation is 2. The normalized spacial score (nSPS) is 11.8. The van der Waals surface area contributed by atoms with Gasteiger partial charge in [-0.1, -0.05) is 35.9 Å². The maximum Gasteiger partial charge on any atom is 0.275 e. The SMILES string of the molecule is Cc1ccc(S(=O)(=O)n2ccc3c(-c4ccc5ocnc5c4Oc4ccccc4)cn(C)c(=O)c32)cc1. The standard InChI is InChI=1S/C28H21N3O5S/c1-18-8-10-20(11-9-18)37(33,34)31-15-14-21-23(16-30(2)28(32)26(21)31)22-12-13-24-25(29-17-35-24)27(22)36-19-6-4-3-5-7-19/h3-17H,1-2H3. The molecule has 0 saturated heterocycles. The molecule has 0 saturated carbocycles. The maximum atomic E-state index is 13.5. The van der Waals surface area contributed by atoms with Crippen molar-refractivity contribution in [2.45, 2.75) is 11.8 Å². The summed E-state index contributed by atoms with van der Waals surface area (Å²) in [4.78, 5) is 17.7. The van der Waals surface area contributed by atoms with Gasteiger partial charge < -0.3 is 13.7 Å². The van der Waals surface area contributed by atoms with E-state index in [2.05, 4.69) is 4.98 Å². The molecule has 0 amide bonds. The number of para-hydroxylation sites is 1. The second kappa shape index (κ2) is 8.49. The number of hydrogen-bond acceptors (Lipinski definition) is 6. The van der Waals surface area contributed by atoms with Crippen molar-refractivity contribution >= 4 is 32.0 Å². The van der Waals surface area contributed by atoms with Crippen molar-refractivity contribution in [3.05, 3.63) is 108 Å². The molecule has 0 N–H and O–H groups in total. The van der Waals surface area contributed by atoms with Crippen molar-refractivity contribution in [2.75, 3.05) is 0 Å². The van der Waals surface area contributed by atoms with Gasteiger partial charge in [0.05, 0.1) is 4.90 Å². The second-order valence-corrected chi connectivity index (χ2v) is 10.5. The van der Waals surface area contributed by atoms with Gasteiger partial charge >= 0.3 is 0 Å². The molecular weight excluding hydrogens is 490 g/mol. The van der Waals surface area contributed by atoms with Crippen molar-refractivity contribution in [3.63, 3.8) is 0 Å². The average molecular weight is 512 g/mol. The lowest BCUT2D eigenvalue weighted by Gasteiger charge is -2.14. The number of ether oxygens (including phenoxy) is 1. The van der Waals surface area contributed by atoms with E-state index in [4.69, 9.17) is 9.15 Å². The zero-order valence-electron chi connectivity index (χ0n) is 20.0. The van der Waals surface area contributed by atoms with Crippen LogP contribution in [0.1, 0.15) is 5.56 Å². The molecule has 0 fully saturated rings. The highest BCUT2D eigenvalue weighted by molar-refractivity contribution is 7.90. The zero-order chi connectivity index (χ0) is 25.7. The van der Waals surface area contributed by atoms with Crippen LogP contribution in [0.25, 0.3) is 33.1 Å². The summed E-state index contributed by atoms with van der Waals surface area (Å²) in [5, 5.41) is 0.472. The molecule has 6 aromatic rings. The van der Waals surface area contributed by atoms with Crippen LogP contribution in [0, 0.1) is 6.92 Å². The Hall–Kier alpha value is -4.63. The third kappa shape index (κ3) is 3.71. The van der Waals surface area contributed by atoms with Crippen LogP contribution in [0.2, 0.25) is 0 Å². The van der Waals surface area contributed by atoms with Gasteiger partial charge in [-0.3, -0.25) is 4.79 Å². The Kier molecular flexibility index (Phi) is 5.24. The molecule has 0 spiro atoms. The smallest absolute Gasteiger partial charge is 0.275 e. The fourth-order valence-electron chi connectivity index (χ4n) is 4.40. The molecule has 6 rings (SSSR count). The number of aromatic nitrogens is 3. The van der Waals surface area contributed by atoms with Gasteiger partial charge in [-0.2, -0.15) is 0 Å². The molecule has 184 valence electrons. The molecule has 3 aromatic carbocycles. The average Bonchev–Trinajstić information content (AvgIpc) is 3.56. The van der Waals surface area contributed by atoms with Gasteiger partial charge in [0.15, 0.2) is 23.2 Å². The highest BCUT2D eigenvalue weighted by Crippen LogP contribution is 2.41. The van der Waals surface area contributed by atoms with E-state index in [9.17, 15) is 13.2 Å². The summed E-state index contributed by atoms with van der Waals surface area (Å²) >= 11 is 0. The second-order valence-electron chi connectivity index (χ2n) is 8.71. The summed E-state index contributed by atoms with van der Waals surface area (Å²) < 4.78 is 41.3. The number of pyridine rings is 1. The molecule has 0 atom stereocenters. The first-order valence-electron chi connectivity index (χ1n) is 11.5. The van der Waals surface area contributed by atoms with E-state index in [1.54, 1.807) is 37.5 Å². The third-order valence-electron chi connectivity index (χ3n) is 6.27. The van der Waals surface area contributed by atoms with E-state index < -0.39 is 15.6 Å². The lowest BCUT2D eigenvalue weighted by molar-refractivity contribution is 0.489. The van der Waals surface area contributed by atoms with Crippen LogP contribution in [-0.4, -0.2) is 21.9 Å².